The van der Waals surface area contributed by atoms with Gasteiger partial charge in [0.25, 0.3) is 0 Å². The summed E-state index contributed by atoms with van der Waals surface area (Å²) in [5, 5.41) is 20.8. The number of anilines is 1. The predicted octanol–water partition coefficient (Wildman–Crippen LogP) is 1.69. The molecule has 4 nitrogen and oxygen atoms in total. The van der Waals surface area contributed by atoms with Crippen LogP contribution in [0.25, 0.3) is 0 Å². The van der Waals surface area contributed by atoms with Crippen LogP contribution in [0.5, 0.6) is 0 Å². The Balaban J connectivity index is 2.66. The summed E-state index contributed by atoms with van der Waals surface area (Å²) in [4.78, 5) is 4.28. The molecule has 0 aliphatic carbocycles. The quantitative estimate of drug-likeness (QED) is 0.790. The van der Waals surface area contributed by atoms with Crippen molar-refractivity contribution in [1.29, 1.82) is 5.26 Å². The molecule has 2 N–H and O–H groups in total. The zero-order valence-electron chi connectivity index (χ0n) is 9.70. The molecule has 86 valence electrons. The van der Waals surface area contributed by atoms with Crippen LogP contribution in [0.3, 0.4) is 0 Å². The highest BCUT2D eigenvalue weighted by Crippen LogP contribution is 2.13. The minimum Gasteiger partial charge on any atom is -0.396 e. The van der Waals surface area contributed by atoms with Crippen LogP contribution in [0.4, 0.5) is 5.82 Å². The van der Waals surface area contributed by atoms with Crippen LogP contribution >= 0.6 is 0 Å². The Labute approximate surface area is 95.9 Å². The Morgan fingerprint density at radius 2 is 2.31 bits per heavy atom. The summed E-state index contributed by atoms with van der Waals surface area (Å²) in [6, 6.07) is 5.69. The van der Waals surface area contributed by atoms with Crippen molar-refractivity contribution in [3.8, 4) is 6.07 Å². The zero-order chi connectivity index (χ0) is 12.0. The second-order valence-electron chi connectivity index (χ2n) is 3.96. The Bertz CT molecular complexity index is 384. The molecule has 1 unspecified atom stereocenters. The van der Waals surface area contributed by atoms with E-state index in [9.17, 15) is 0 Å². The average molecular weight is 219 g/mol. The smallest absolute Gasteiger partial charge is 0.144 e. The molecule has 0 amide bonds. The van der Waals surface area contributed by atoms with Crippen LogP contribution in [-0.4, -0.2) is 23.2 Å². The van der Waals surface area contributed by atoms with Gasteiger partial charge in [0, 0.05) is 18.8 Å². The minimum atomic E-state index is 0.190. The molecule has 1 aromatic rings. The molecule has 4 heteroatoms. The number of pyridine rings is 1. The Kier molecular flexibility index (Phi) is 4.74. The van der Waals surface area contributed by atoms with Crippen molar-refractivity contribution in [1.82, 2.24) is 4.98 Å². The lowest BCUT2D eigenvalue weighted by molar-refractivity contribution is 0.266. The van der Waals surface area contributed by atoms with Crippen LogP contribution in [0.1, 0.15) is 24.6 Å². The lowest BCUT2D eigenvalue weighted by Gasteiger charge is -2.12. The van der Waals surface area contributed by atoms with Gasteiger partial charge in [-0.3, -0.25) is 0 Å². The second kappa shape index (κ2) is 6.09. The van der Waals surface area contributed by atoms with Crippen molar-refractivity contribution < 1.29 is 5.11 Å². The first-order valence-corrected chi connectivity index (χ1v) is 5.40. The maximum absolute atomic E-state index is 8.91. The van der Waals surface area contributed by atoms with E-state index in [1.165, 1.54) is 0 Å². The molecule has 0 saturated carbocycles. The second-order valence-corrected chi connectivity index (χ2v) is 3.96. The fourth-order valence-electron chi connectivity index (χ4n) is 1.38. The minimum absolute atomic E-state index is 0.190. The SMILES string of the molecule is Cc1ccc(C#N)c(NCC(C)CCO)n1. The molecule has 0 radical (unpaired) electrons. The number of nitriles is 1. The molecule has 1 rings (SSSR count). The molecular formula is C12H17N3O. The third-order valence-corrected chi connectivity index (χ3v) is 2.39. The first-order chi connectivity index (χ1) is 7.67. The first kappa shape index (κ1) is 12.5. The van der Waals surface area contributed by atoms with Crippen molar-refractivity contribution in [2.24, 2.45) is 5.92 Å². The summed E-state index contributed by atoms with van der Waals surface area (Å²) in [5.74, 6) is 0.992. The standard InChI is InChI=1S/C12H17N3O/c1-9(5-6-16)8-14-12-11(7-13)4-3-10(2)15-12/h3-4,9,16H,5-6,8H2,1-2H3,(H,14,15). The monoisotopic (exact) mass is 219 g/mol. The largest absolute Gasteiger partial charge is 0.396 e. The lowest BCUT2D eigenvalue weighted by atomic mass is 10.1. The van der Waals surface area contributed by atoms with Crippen LogP contribution in [-0.2, 0) is 0 Å². The van der Waals surface area contributed by atoms with Gasteiger partial charge in [0.1, 0.15) is 11.9 Å². The third kappa shape index (κ3) is 3.52. The van der Waals surface area contributed by atoms with Gasteiger partial charge in [0.2, 0.25) is 0 Å². The fraction of sp³-hybridized carbons (Fsp3) is 0.500. The number of rotatable bonds is 5. The summed E-state index contributed by atoms with van der Waals surface area (Å²) >= 11 is 0. The van der Waals surface area contributed by atoms with Gasteiger partial charge in [-0.2, -0.15) is 5.26 Å². The third-order valence-electron chi connectivity index (χ3n) is 2.39. The van der Waals surface area contributed by atoms with Gasteiger partial charge >= 0.3 is 0 Å². The van der Waals surface area contributed by atoms with E-state index < -0.39 is 0 Å². The predicted molar refractivity (Wildman–Crippen MR) is 63.0 cm³/mol. The highest BCUT2D eigenvalue weighted by molar-refractivity contribution is 5.52. The normalized spacial score (nSPS) is 11.9. The van der Waals surface area contributed by atoms with E-state index in [1.807, 2.05) is 19.9 Å². The van der Waals surface area contributed by atoms with Crippen molar-refractivity contribution >= 4 is 5.82 Å². The summed E-state index contributed by atoms with van der Waals surface area (Å²) in [7, 11) is 0. The number of hydrogen-bond acceptors (Lipinski definition) is 4. The number of hydrogen-bond donors (Lipinski definition) is 2. The molecule has 1 atom stereocenters. The molecule has 0 spiro atoms. The van der Waals surface area contributed by atoms with Gasteiger partial charge in [-0.05, 0) is 31.4 Å². The van der Waals surface area contributed by atoms with E-state index in [1.54, 1.807) is 6.07 Å². The van der Waals surface area contributed by atoms with E-state index in [4.69, 9.17) is 10.4 Å². The first-order valence-electron chi connectivity index (χ1n) is 5.40. The Hall–Kier alpha value is -1.60. The molecule has 16 heavy (non-hydrogen) atoms. The summed E-state index contributed by atoms with van der Waals surface area (Å²) in [6.45, 7) is 4.84. The maximum Gasteiger partial charge on any atom is 0.144 e. The van der Waals surface area contributed by atoms with E-state index in [0.29, 0.717) is 23.8 Å². The number of nitrogens with one attached hydrogen (secondary N) is 1. The Morgan fingerprint density at radius 1 is 1.56 bits per heavy atom. The zero-order valence-corrected chi connectivity index (χ0v) is 9.70. The number of aromatic nitrogens is 1. The van der Waals surface area contributed by atoms with Crippen LogP contribution < -0.4 is 5.32 Å². The highest BCUT2D eigenvalue weighted by Gasteiger charge is 2.06. The van der Waals surface area contributed by atoms with Gasteiger partial charge in [-0.1, -0.05) is 6.92 Å². The van der Waals surface area contributed by atoms with E-state index in [-0.39, 0.29) is 6.61 Å². The van der Waals surface area contributed by atoms with Gasteiger partial charge in [-0.15, -0.1) is 0 Å². The van der Waals surface area contributed by atoms with E-state index in [2.05, 4.69) is 16.4 Å². The highest BCUT2D eigenvalue weighted by atomic mass is 16.3. The molecule has 0 aliphatic rings. The Morgan fingerprint density at radius 3 is 2.94 bits per heavy atom. The molecular weight excluding hydrogens is 202 g/mol. The summed E-state index contributed by atoms with van der Waals surface area (Å²) < 4.78 is 0. The van der Waals surface area contributed by atoms with Crippen molar-refractivity contribution in [2.45, 2.75) is 20.3 Å². The van der Waals surface area contributed by atoms with Crippen molar-refractivity contribution in [3.05, 3.63) is 23.4 Å². The van der Waals surface area contributed by atoms with Gasteiger partial charge in [-0.25, -0.2) is 4.98 Å². The fourth-order valence-corrected chi connectivity index (χ4v) is 1.38. The molecule has 0 saturated heterocycles. The summed E-state index contributed by atoms with van der Waals surface area (Å²) in [6.07, 6.45) is 0.751. The number of aryl methyl sites for hydroxylation is 1. The molecule has 0 aliphatic heterocycles. The van der Waals surface area contributed by atoms with Gasteiger partial charge < -0.3 is 10.4 Å². The van der Waals surface area contributed by atoms with Gasteiger partial charge in [0.05, 0.1) is 5.56 Å². The number of aliphatic hydroxyl groups excluding tert-OH is 1. The summed E-state index contributed by atoms with van der Waals surface area (Å²) in [5.41, 5.74) is 1.44. The maximum atomic E-state index is 8.91. The lowest BCUT2D eigenvalue weighted by Crippen LogP contribution is -2.14. The van der Waals surface area contributed by atoms with Crippen LogP contribution in [0.15, 0.2) is 12.1 Å². The van der Waals surface area contributed by atoms with Crippen LogP contribution in [0.2, 0.25) is 0 Å². The molecule has 1 aromatic heterocycles. The number of nitrogens with zero attached hydrogens (tertiary/aromatic N) is 2. The molecule has 1 heterocycles. The van der Waals surface area contributed by atoms with Crippen molar-refractivity contribution in [2.75, 3.05) is 18.5 Å². The van der Waals surface area contributed by atoms with E-state index >= 15 is 0 Å². The van der Waals surface area contributed by atoms with Gasteiger partial charge in [0.15, 0.2) is 0 Å². The topological polar surface area (TPSA) is 68.9 Å². The average Bonchev–Trinajstić information content (AvgIpc) is 2.27. The molecule has 0 bridgehead atoms. The van der Waals surface area contributed by atoms with Crippen LogP contribution in [0, 0.1) is 24.2 Å². The molecule has 0 aromatic carbocycles. The van der Waals surface area contributed by atoms with E-state index in [0.717, 1.165) is 12.1 Å². The molecule has 0 fully saturated rings. The van der Waals surface area contributed by atoms with Crippen molar-refractivity contribution in [3.63, 3.8) is 0 Å². The number of aliphatic hydroxyl groups is 1.